The van der Waals surface area contributed by atoms with Gasteiger partial charge in [0.25, 0.3) is 0 Å². The molecule has 9 aromatic carbocycles. The lowest BCUT2D eigenvalue weighted by molar-refractivity contribution is 0.669. The van der Waals surface area contributed by atoms with Gasteiger partial charge in [-0.25, -0.2) is 9.97 Å². The van der Waals surface area contributed by atoms with Gasteiger partial charge in [0.05, 0.1) is 44.5 Å². The summed E-state index contributed by atoms with van der Waals surface area (Å²) < 4.78 is 9.47. The number of para-hydroxylation sites is 2. The minimum atomic E-state index is -0.490. The second kappa shape index (κ2) is 13.3. The van der Waals surface area contributed by atoms with Crippen molar-refractivity contribution in [2.45, 2.75) is 5.41 Å². The average molecular weight is 827 g/mol. The van der Waals surface area contributed by atoms with Gasteiger partial charge < -0.3 is 8.98 Å². The van der Waals surface area contributed by atoms with Gasteiger partial charge in [0.15, 0.2) is 5.82 Å². The van der Waals surface area contributed by atoms with Crippen LogP contribution in [0.4, 0.5) is 0 Å². The highest BCUT2D eigenvalue weighted by atomic mass is 16.3. The standard InChI is InChI=1S/C60H34N4O/c61-35-45-55(36-17-3-1-4-18-36)62-59(63-56(45)37-19-5-2-6-20-37)44-32-34-51(54-43-25-11-16-30-52(43)65-58(44)54)64-50-29-15-10-23-40(50)41-31-33-49-53(57(41)64)42-24-9-14-28-48(42)60(49)46-26-12-7-21-38(46)39-22-8-13-27-47(39)60/h1-34H. The van der Waals surface area contributed by atoms with Crippen molar-refractivity contribution in [3.63, 3.8) is 0 Å². The molecule has 2 aliphatic carbocycles. The average Bonchev–Trinajstić information content (AvgIpc) is 4.10. The molecule has 0 unspecified atom stereocenters. The molecule has 0 N–H and O–H groups in total. The van der Waals surface area contributed by atoms with Crippen molar-refractivity contribution in [1.82, 2.24) is 14.5 Å². The van der Waals surface area contributed by atoms with Gasteiger partial charge in [-0.05, 0) is 63.2 Å². The van der Waals surface area contributed by atoms with Crippen LogP contribution in [0.25, 0.3) is 106 Å². The number of nitriles is 1. The second-order valence-electron chi connectivity index (χ2n) is 17.0. The minimum absolute atomic E-state index is 0.424. The minimum Gasteiger partial charge on any atom is -0.455 e. The molecule has 0 atom stereocenters. The first-order valence-corrected chi connectivity index (χ1v) is 22.0. The summed E-state index contributed by atoms with van der Waals surface area (Å²) in [7, 11) is 0. The summed E-state index contributed by atoms with van der Waals surface area (Å²) >= 11 is 0. The molecule has 3 aromatic heterocycles. The van der Waals surface area contributed by atoms with Gasteiger partial charge in [-0.1, -0.05) is 182 Å². The van der Waals surface area contributed by atoms with Crippen LogP contribution in [0, 0.1) is 11.3 Å². The highest BCUT2D eigenvalue weighted by Crippen LogP contribution is 2.64. The molecule has 14 rings (SSSR count). The summed E-state index contributed by atoms with van der Waals surface area (Å²) in [5, 5.41) is 15.0. The number of furan rings is 1. The summed E-state index contributed by atoms with van der Waals surface area (Å²) in [6, 6.07) is 75.3. The third-order valence-electron chi connectivity index (χ3n) is 13.9. The summed E-state index contributed by atoms with van der Waals surface area (Å²) in [6.07, 6.45) is 0. The van der Waals surface area contributed by atoms with E-state index in [2.05, 4.69) is 144 Å². The molecule has 12 aromatic rings. The van der Waals surface area contributed by atoms with Crippen LogP contribution < -0.4 is 0 Å². The quantitative estimate of drug-likeness (QED) is 0.177. The lowest BCUT2D eigenvalue weighted by Gasteiger charge is -2.30. The second-order valence-corrected chi connectivity index (χ2v) is 17.0. The molecule has 0 aliphatic heterocycles. The molecule has 0 saturated carbocycles. The number of aromatic nitrogens is 3. The van der Waals surface area contributed by atoms with Gasteiger partial charge in [0, 0.05) is 32.8 Å². The molecule has 300 valence electrons. The fraction of sp³-hybridized carbons (Fsp3) is 0.0167. The van der Waals surface area contributed by atoms with E-state index >= 15 is 0 Å². The molecule has 65 heavy (non-hydrogen) atoms. The van der Waals surface area contributed by atoms with Crippen molar-refractivity contribution in [3.8, 4) is 67.9 Å². The third-order valence-corrected chi connectivity index (χ3v) is 13.9. The van der Waals surface area contributed by atoms with Gasteiger partial charge in [0.2, 0.25) is 0 Å². The van der Waals surface area contributed by atoms with Crippen LogP contribution in [0.3, 0.4) is 0 Å². The first kappa shape index (κ1) is 35.7. The van der Waals surface area contributed by atoms with E-state index in [0.29, 0.717) is 28.4 Å². The van der Waals surface area contributed by atoms with E-state index < -0.39 is 5.41 Å². The van der Waals surface area contributed by atoms with Crippen molar-refractivity contribution in [3.05, 3.63) is 234 Å². The Morgan fingerprint density at radius 1 is 0.462 bits per heavy atom. The number of hydrogen-bond acceptors (Lipinski definition) is 4. The fourth-order valence-corrected chi connectivity index (χ4v) is 11.4. The molecule has 5 nitrogen and oxygen atoms in total. The van der Waals surface area contributed by atoms with Gasteiger partial charge in [-0.2, -0.15) is 5.26 Å². The highest BCUT2D eigenvalue weighted by molar-refractivity contribution is 6.20. The fourth-order valence-electron chi connectivity index (χ4n) is 11.4. The van der Waals surface area contributed by atoms with Crippen LogP contribution in [0.5, 0.6) is 0 Å². The maximum Gasteiger partial charge on any atom is 0.164 e. The third kappa shape index (κ3) is 4.70. The topological polar surface area (TPSA) is 67.6 Å². The van der Waals surface area contributed by atoms with E-state index in [-0.39, 0.29) is 0 Å². The number of hydrogen-bond donors (Lipinski definition) is 0. The molecule has 0 fully saturated rings. The predicted octanol–water partition coefficient (Wildman–Crippen LogP) is 14.7. The molecule has 0 bridgehead atoms. The van der Waals surface area contributed by atoms with E-state index in [1.165, 1.54) is 55.3 Å². The van der Waals surface area contributed by atoms with Crippen molar-refractivity contribution >= 4 is 43.7 Å². The van der Waals surface area contributed by atoms with Gasteiger partial charge in [0.1, 0.15) is 22.8 Å². The summed E-state index contributed by atoms with van der Waals surface area (Å²) in [5.74, 6) is 0.481. The number of rotatable bonds is 4. The zero-order valence-corrected chi connectivity index (χ0v) is 34.8. The molecule has 2 aliphatic rings. The number of fused-ring (bicyclic) bond motifs is 17. The molecule has 5 heteroatoms. The SMILES string of the molecule is N#Cc1c(-c2ccccc2)nc(-c2ccc(-n3c4ccccc4c4ccc5c(c43)-c3ccccc3C53c4ccccc4-c4ccccc43)c3c2oc2ccccc23)nc1-c1ccccc1. The van der Waals surface area contributed by atoms with Gasteiger partial charge >= 0.3 is 0 Å². The first-order valence-electron chi connectivity index (χ1n) is 22.0. The maximum atomic E-state index is 10.7. The summed E-state index contributed by atoms with van der Waals surface area (Å²) in [4.78, 5) is 10.5. The van der Waals surface area contributed by atoms with E-state index in [1.807, 2.05) is 72.8 Å². The Morgan fingerprint density at radius 3 is 1.68 bits per heavy atom. The van der Waals surface area contributed by atoms with Crippen molar-refractivity contribution in [2.24, 2.45) is 0 Å². The van der Waals surface area contributed by atoms with E-state index in [4.69, 9.17) is 14.4 Å². The van der Waals surface area contributed by atoms with Crippen LogP contribution in [0.15, 0.2) is 211 Å². The zero-order chi connectivity index (χ0) is 42.8. The molecular weight excluding hydrogens is 793 g/mol. The van der Waals surface area contributed by atoms with E-state index in [1.54, 1.807) is 0 Å². The highest BCUT2D eigenvalue weighted by Gasteiger charge is 2.52. The Morgan fingerprint density at radius 2 is 1.02 bits per heavy atom. The van der Waals surface area contributed by atoms with Crippen LogP contribution >= 0.6 is 0 Å². The number of benzene rings is 9. The Hall–Kier alpha value is -8.85. The van der Waals surface area contributed by atoms with E-state index in [9.17, 15) is 5.26 Å². The van der Waals surface area contributed by atoms with Crippen LogP contribution in [0.1, 0.15) is 27.8 Å². The summed E-state index contributed by atoms with van der Waals surface area (Å²) in [6.45, 7) is 0. The van der Waals surface area contributed by atoms with Crippen LogP contribution in [0.2, 0.25) is 0 Å². The Kier molecular flexibility index (Phi) is 7.32. The zero-order valence-electron chi connectivity index (χ0n) is 34.8. The van der Waals surface area contributed by atoms with E-state index in [0.717, 1.165) is 49.8 Å². The Bertz CT molecular complexity index is 3920. The number of nitrogens with zero attached hydrogens (tertiary/aromatic N) is 4. The molecule has 0 amide bonds. The normalized spacial score (nSPS) is 13.0. The maximum absolute atomic E-state index is 10.7. The molecule has 0 saturated heterocycles. The van der Waals surface area contributed by atoms with Crippen molar-refractivity contribution in [2.75, 3.05) is 0 Å². The smallest absolute Gasteiger partial charge is 0.164 e. The van der Waals surface area contributed by atoms with Crippen LogP contribution in [-0.2, 0) is 5.41 Å². The molecular formula is C60H34N4O. The monoisotopic (exact) mass is 826 g/mol. The van der Waals surface area contributed by atoms with Crippen molar-refractivity contribution in [1.29, 1.82) is 5.26 Å². The lowest BCUT2D eigenvalue weighted by Crippen LogP contribution is -2.25. The summed E-state index contributed by atoms with van der Waals surface area (Å²) in [5.41, 5.74) is 18.5. The Labute approximate surface area is 373 Å². The van der Waals surface area contributed by atoms with Crippen LogP contribution in [-0.4, -0.2) is 14.5 Å². The van der Waals surface area contributed by atoms with Gasteiger partial charge in [-0.3, -0.25) is 0 Å². The predicted molar refractivity (Wildman–Crippen MR) is 261 cm³/mol. The Balaban J connectivity index is 1.11. The molecule has 0 radical (unpaired) electrons. The molecule has 3 heterocycles. The molecule has 1 spiro atoms. The lowest BCUT2D eigenvalue weighted by atomic mass is 9.70. The largest absolute Gasteiger partial charge is 0.455 e. The first-order chi connectivity index (χ1) is 32.2. The van der Waals surface area contributed by atoms with Crippen molar-refractivity contribution < 1.29 is 4.42 Å². The van der Waals surface area contributed by atoms with Gasteiger partial charge in [-0.15, -0.1) is 0 Å².